The Labute approximate surface area is 114 Å². The number of ether oxygens (including phenoxy) is 1. The van der Waals surface area contributed by atoms with Gasteiger partial charge in [0, 0.05) is 19.0 Å². The molecule has 1 saturated heterocycles. The Kier molecular flexibility index (Phi) is 5.09. The zero-order valence-corrected chi connectivity index (χ0v) is 12.2. The van der Waals surface area contributed by atoms with E-state index in [1.165, 1.54) is 6.92 Å². The largest absolute Gasteiger partial charge is 0.444 e. The lowest BCUT2D eigenvalue weighted by atomic mass is 9.91. The topological polar surface area (TPSA) is 63.7 Å². The minimum atomic E-state index is -0.534. The molecule has 5 nitrogen and oxygen atoms in total. The summed E-state index contributed by atoms with van der Waals surface area (Å²) in [6.07, 6.45) is 1.10. The second-order valence-electron chi connectivity index (χ2n) is 6.11. The Morgan fingerprint density at radius 3 is 2.42 bits per heavy atom. The molecule has 0 spiro atoms. The summed E-state index contributed by atoms with van der Waals surface area (Å²) in [6, 6.07) is 0. The van der Waals surface area contributed by atoms with E-state index < -0.39 is 5.60 Å². The Balaban J connectivity index is 2.57. The Morgan fingerprint density at radius 1 is 1.26 bits per heavy atom. The summed E-state index contributed by atoms with van der Waals surface area (Å²) < 4.78 is 5.30. The van der Waals surface area contributed by atoms with Crippen LogP contribution in [0.5, 0.6) is 0 Å². The van der Waals surface area contributed by atoms with Gasteiger partial charge in [-0.3, -0.25) is 9.59 Å². The highest BCUT2D eigenvalue weighted by Crippen LogP contribution is 2.21. The van der Waals surface area contributed by atoms with E-state index in [2.05, 4.69) is 0 Å². The van der Waals surface area contributed by atoms with Crippen LogP contribution in [-0.2, 0) is 14.3 Å². The van der Waals surface area contributed by atoms with Gasteiger partial charge in [-0.1, -0.05) is 0 Å². The van der Waals surface area contributed by atoms with Gasteiger partial charge in [-0.15, -0.1) is 0 Å². The lowest BCUT2D eigenvalue weighted by molar-refractivity contribution is -0.129. The van der Waals surface area contributed by atoms with Gasteiger partial charge in [0.15, 0.2) is 0 Å². The fourth-order valence-corrected chi connectivity index (χ4v) is 2.12. The number of likely N-dealkylation sites (tertiary alicyclic amines) is 1. The molecule has 0 bridgehead atoms. The highest BCUT2D eigenvalue weighted by molar-refractivity contribution is 5.99. The van der Waals surface area contributed by atoms with Crippen LogP contribution in [0.4, 0.5) is 4.79 Å². The van der Waals surface area contributed by atoms with Crippen LogP contribution in [0.1, 0.15) is 47.0 Å². The van der Waals surface area contributed by atoms with Crippen LogP contribution in [0, 0.1) is 5.92 Å². The molecule has 0 aromatic rings. The van der Waals surface area contributed by atoms with Gasteiger partial charge < -0.3 is 9.64 Å². The van der Waals surface area contributed by atoms with Crippen LogP contribution in [0.25, 0.3) is 0 Å². The van der Waals surface area contributed by atoms with Gasteiger partial charge >= 0.3 is 6.09 Å². The molecule has 108 valence electrons. The third-order valence-electron chi connectivity index (χ3n) is 2.95. The summed E-state index contributed by atoms with van der Waals surface area (Å²) in [4.78, 5) is 36.3. The third kappa shape index (κ3) is 5.41. The van der Waals surface area contributed by atoms with E-state index in [4.69, 9.17) is 4.74 Å². The first-order valence-corrected chi connectivity index (χ1v) is 6.69. The molecule has 1 atom stereocenters. The maximum Gasteiger partial charge on any atom is 0.410 e. The monoisotopic (exact) mass is 269 g/mol. The Morgan fingerprint density at radius 2 is 1.89 bits per heavy atom. The maximum absolute atomic E-state index is 11.9. The zero-order valence-electron chi connectivity index (χ0n) is 12.2. The van der Waals surface area contributed by atoms with Crippen LogP contribution < -0.4 is 0 Å². The molecule has 19 heavy (non-hydrogen) atoms. The van der Waals surface area contributed by atoms with Crippen molar-refractivity contribution in [2.24, 2.45) is 5.92 Å². The van der Waals surface area contributed by atoms with Crippen LogP contribution in [-0.4, -0.2) is 41.3 Å². The fourth-order valence-electron chi connectivity index (χ4n) is 2.12. The molecule has 1 aliphatic rings. The number of carbonyl (C=O) groups is 3. The van der Waals surface area contributed by atoms with Crippen molar-refractivity contribution < 1.29 is 19.1 Å². The Bertz CT molecular complexity index is 370. The van der Waals surface area contributed by atoms with Gasteiger partial charge in [0.2, 0.25) is 0 Å². The number of hydrogen-bond acceptors (Lipinski definition) is 4. The molecule has 1 aliphatic heterocycles. The quantitative estimate of drug-likeness (QED) is 0.737. The SMILES string of the molecule is CC(=O)CC(=O)[C@H]1CCCN(C(=O)OC(C)(C)C)C1. The number of amides is 1. The standard InChI is InChI=1S/C14H23NO4/c1-10(16)8-12(17)11-6-5-7-15(9-11)13(18)19-14(2,3)4/h11H,5-9H2,1-4H3/t11-/m0/s1. The maximum atomic E-state index is 11.9. The van der Waals surface area contributed by atoms with E-state index in [0.717, 1.165) is 12.8 Å². The minimum absolute atomic E-state index is 0.0349. The molecule has 0 aliphatic carbocycles. The first-order valence-electron chi connectivity index (χ1n) is 6.69. The van der Waals surface area contributed by atoms with Crippen molar-refractivity contribution in [3.8, 4) is 0 Å². The molecule has 0 N–H and O–H groups in total. The normalized spacial score (nSPS) is 20.0. The van der Waals surface area contributed by atoms with Gasteiger partial charge in [0.05, 0.1) is 6.42 Å². The predicted molar refractivity (Wildman–Crippen MR) is 70.8 cm³/mol. The van der Waals surface area contributed by atoms with Crippen molar-refractivity contribution in [2.45, 2.75) is 52.6 Å². The molecule has 0 unspecified atom stereocenters. The van der Waals surface area contributed by atoms with Crippen molar-refractivity contribution in [1.29, 1.82) is 0 Å². The Hall–Kier alpha value is -1.39. The summed E-state index contributed by atoms with van der Waals surface area (Å²) in [5.41, 5.74) is -0.534. The van der Waals surface area contributed by atoms with E-state index in [-0.39, 0.29) is 30.0 Å². The van der Waals surface area contributed by atoms with Crippen LogP contribution in [0.2, 0.25) is 0 Å². The predicted octanol–water partition coefficient (Wildman–Crippen LogP) is 2.18. The van der Waals surface area contributed by atoms with Gasteiger partial charge in [-0.05, 0) is 40.5 Å². The highest BCUT2D eigenvalue weighted by Gasteiger charge is 2.31. The summed E-state index contributed by atoms with van der Waals surface area (Å²) in [5.74, 6) is -0.426. The van der Waals surface area contributed by atoms with Crippen molar-refractivity contribution in [3.05, 3.63) is 0 Å². The molecule has 1 rings (SSSR count). The van der Waals surface area contributed by atoms with Crippen LogP contribution >= 0.6 is 0 Å². The van der Waals surface area contributed by atoms with E-state index in [1.54, 1.807) is 4.90 Å². The number of rotatable bonds is 3. The number of carbonyl (C=O) groups excluding carboxylic acids is 3. The first kappa shape index (κ1) is 15.7. The average molecular weight is 269 g/mol. The average Bonchev–Trinajstić information content (AvgIpc) is 2.26. The van der Waals surface area contributed by atoms with Gasteiger partial charge in [0.25, 0.3) is 0 Å². The first-order chi connectivity index (χ1) is 8.69. The van der Waals surface area contributed by atoms with Gasteiger partial charge in [-0.25, -0.2) is 4.79 Å². The highest BCUT2D eigenvalue weighted by atomic mass is 16.6. The van der Waals surface area contributed by atoms with E-state index in [9.17, 15) is 14.4 Å². The van der Waals surface area contributed by atoms with Crippen molar-refractivity contribution >= 4 is 17.7 Å². The van der Waals surface area contributed by atoms with E-state index >= 15 is 0 Å². The molecule has 0 aromatic carbocycles. The number of nitrogens with zero attached hydrogens (tertiary/aromatic N) is 1. The zero-order chi connectivity index (χ0) is 14.6. The summed E-state index contributed by atoms with van der Waals surface area (Å²) in [6.45, 7) is 7.82. The third-order valence-corrected chi connectivity index (χ3v) is 2.95. The van der Waals surface area contributed by atoms with Crippen LogP contribution in [0.3, 0.4) is 0 Å². The van der Waals surface area contributed by atoms with Gasteiger partial charge in [0.1, 0.15) is 17.2 Å². The fraction of sp³-hybridized carbons (Fsp3) is 0.786. The summed E-state index contributed by atoms with van der Waals surface area (Å²) in [7, 11) is 0. The molecule has 1 heterocycles. The number of ketones is 2. The number of piperidine rings is 1. The number of Topliss-reactive ketones (excluding diaryl/α,β-unsaturated/α-hetero) is 2. The summed E-state index contributed by atoms with van der Waals surface area (Å²) in [5, 5.41) is 0. The van der Waals surface area contributed by atoms with Crippen molar-refractivity contribution in [1.82, 2.24) is 4.90 Å². The molecule has 0 aromatic heterocycles. The minimum Gasteiger partial charge on any atom is -0.444 e. The molecular formula is C14H23NO4. The molecule has 0 radical (unpaired) electrons. The van der Waals surface area contributed by atoms with Crippen LogP contribution in [0.15, 0.2) is 0 Å². The smallest absolute Gasteiger partial charge is 0.410 e. The lowest BCUT2D eigenvalue weighted by Crippen LogP contribution is -2.44. The summed E-state index contributed by atoms with van der Waals surface area (Å²) >= 11 is 0. The lowest BCUT2D eigenvalue weighted by Gasteiger charge is -2.33. The van der Waals surface area contributed by atoms with Gasteiger partial charge in [-0.2, -0.15) is 0 Å². The second-order valence-corrected chi connectivity index (χ2v) is 6.11. The van der Waals surface area contributed by atoms with E-state index in [0.29, 0.717) is 13.1 Å². The number of hydrogen-bond donors (Lipinski definition) is 0. The van der Waals surface area contributed by atoms with Crippen molar-refractivity contribution in [3.63, 3.8) is 0 Å². The molecule has 0 saturated carbocycles. The second kappa shape index (κ2) is 6.17. The van der Waals surface area contributed by atoms with E-state index in [1.807, 2.05) is 20.8 Å². The molecule has 5 heteroatoms. The molecular weight excluding hydrogens is 246 g/mol. The molecule has 1 fully saturated rings. The molecule has 1 amide bonds. The van der Waals surface area contributed by atoms with Crippen molar-refractivity contribution in [2.75, 3.05) is 13.1 Å².